The molecular weight excluding hydrogens is 436 g/mol. The van der Waals surface area contributed by atoms with E-state index in [0.717, 1.165) is 4.90 Å². The van der Waals surface area contributed by atoms with Gasteiger partial charge in [-0.2, -0.15) is 4.31 Å². The largest absolute Gasteiger partial charge is 0.440 e. The molecule has 0 saturated carbocycles. The van der Waals surface area contributed by atoms with Crippen molar-refractivity contribution in [2.24, 2.45) is 0 Å². The molecule has 0 aliphatic carbocycles. The van der Waals surface area contributed by atoms with Crippen LogP contribution in [0.15, 0.2) is 53.4 Å². The minimum Gasteiger partial charge on any atom is -0.440 e. The molecule has 0 spiro atoms. The predicted octanol–water partition coefficient (Wildman–Crippen LogP) is 1.90. The minimum atomic E-state index is -3.74. The van der Waals surface area contributed by atoms with E-state index in [-0.39, 0.29) is 46.9 Å². The van der Waals surface area contributed by atoms with Crippen molar-refractivity contribution in [3.63, 3.8) is 0 Å². The summed E-state index contributed by atoms with van der Waals surface area (Å²) in [4.78, 5) is 38.0. The smallest absolute Gasteiger partial charge is 0.339 e. The van der Waals surface area contributed by atoms with E-state index in [9.17, 15) is 22.8 Å². The lowest BCUT2D eigenvalue weighted by atomic mass is 10.1. The highest BCUT2D eigenvalue weighted by atomic mass is 32.2. The van der Waals surface area contributed by atoms with Gasteiger partial charge >= 0.3 is 5.97 Å². The molecule has 2 atom stereocenters. The van der Waals surface area contributed by atoms with Crippen LogP contribution in [0.1, 0.15) is 44.9 Å². The van der Waals surface area contributed by atoms with E-state index in [1.54, 1.807) is 12.1 Å². The maximum Gasteiger partial charge on any atom is 0.339 e. The van der Waals surface area contributed by atoms with Gasteiger partial charge in [-0.05, 0) is 50.2 Å². The van der Waals surface area contributed by atoms with Gasteiger partial charge in [-0.15, -0.1) is 0 Å². The number of esters is 1. The molecule has 1 saturated heterocycles. The van der Waals surface area contributed by atoms with E-state index in [1.165, 1.54) is 40.7 Å². The number of morpholine rings is 1. The molecule has 10 heteroatoms. The number of ether oxygens (including phenoxy) is 2. The van der Waals surface area contributed by atoms with Crippen LogP contribution in [0, 0.1) is 0 Å². The van der Waals surface area contributed by atoms with Gasteiger partial charge in [0.2, 0.25) is 10.0 Å². The molecule has 0 aromatic heterocycles. The molecule has 4 rings (SSSR count). The Morgan fingerprint density at radius 3 is 2.03 bits per heavy atom. The highest BCUT2D eigenvalue weighted by Gasteiger charge is 2.36. The Labute approximate surface area is 185 Å². The highest BCUT2D eigenvalue weighted by Crippen LogP contribution is 2.23. The van der Waals surface area contributed by atoms with E-state index >= 15 is 0 Å². The fraction of sp³-hybridized carbons (Fsp3) is 0.318. The second kappa shape index (κ2) is 8.45. The summed E-state index contributed by atoms with van der Waals surface area (Å²) in [6.07, 6.45) is -0.435. The van der Waals surface area contributed by atoms with Gasteiger partial charge in [0, 0.05) is 13.1 Å². The Morgan fingerprint density at radius 2 is 1.50 bits per heavy atom. The van der Waals surface area contributed by atoms with Crippen molar-refractivity contribution in [2.45, 2.75) is 31.0 Å². The number of benzene rings is 2. The zero-order valence-electron chi connectivity index (χ0n) is 17.6. The fourth-order valence-corrected chi connectivity index (χ4v) is 5.39. The standard InChI is InChI=1S/C22H22N2O7S/c1-14-11-23(12-15(2)31-14)32(28,29)17-9-7-16(8-10-17)22(27)30-13-24-20(25)18-5-3-4-6-19(18)21(24)26/h3-10,14-15H,11-13H2,1-2H3. The second-order valence-electron chi connectivity index (χ2n) is 7.75. The van der Waals surface area contributed by atoms with E-state index in [4.69, 9.17) is 9.47 Å². The van der Waals surface area contributed by atoms with Crippen LogP contribution in [0.5, 0.6) is 0 Å². The number of amides is 2. The molecular formula is C22H22N2O7S. The lowest BCUT2D eigenvalue weighted by molar-refractivity contribution is -0.0440. The van der Waals surface area contributed by atoms with Gasteiger partial charge < -0.3 is 9.47 Å². The average molecular weight is 458 g/mol. The van der Waals surface area contributed by atoms with Gasteiger partial charge in [-0.1, -0.05) is 12.1 Å². The first-order chi connectivity index (χ1) is 15.2. The first-order valence-corrected chi connectivity index (χ1v) is 11.5. The molecule has 2 aromatic carbocycles. The van der Waals surface area contributed by atoms with Gasteiger partial charge in [0.25, 0.3) is 11.8 Å². The van der Waals surface area contributed by atoms with E-state index in [0.29, 0.717) is 0 Å². The lowest BCUT2D eigenvalue weighted by Crippen LogP contribution is -2.48. The Morgan fingerprint density at radius 1 is 0.969 bits per heavy atom. The number of fused-ring (bicyclic) bond motifs is 1. The highest BCUT2D eigenvalue weighted by molar-refractivity contribution is 7.89. The third kappa shape index (κ3) is 4.04. The molecule has 2 heterocycles. The quantitative estimate of drug-likeness (QED) is 0.497. The molecule has 1 fully saturated rings. The summed E-state index contributed by atoms with van der Waals surface area (Å²) in [6.45, 7) is 3.58. The molecule has 9 nitrogen and oxygen atoms in total. The number of carbonyl (C=O) groups is 3. The maximum absolute atomic E-state index is 12.9. The number of rotatable bonds is 5. The monoisotopic (exact) mass is 458 g/mol. The van der Waals surface area contributed by atoms with E-state index in [2.05, 4.69) is 0 Å². The van der Waals surface area contributed by atoms with Crippen LogP contribution in [-0.2, 0) is 19.5 Å². The molecule has 0 N–H and O–H groups in total. The summed E-state index contributed by atoms with van der Waals surface area (Å²) in [5, 5.41) is 0. The zero-order chi connectivity index (χ0) is 23.0. The number of hydrogen-bond acceptors (Lipinski definition) is 7. The van der Waals surface area contributed by atoms with Crippen LogP contribution in [0.4, 0.5) is 0 Å². The van der Waals surface area contributed by atoms with Crippen LogP contribution in [0.2, 0.25) is 0 Å². The lowest BCUT2D eigenvalue weighted by Gasteiger charge is -2.34. The molecule has 2 amide bonds. The Kier molecular flexibility index (Phi) is 5.85. The van der Waals surface area contributed by atoms with Gasteiger partial charge in [0.1, 0.15) is 0 Å². The van der Waals surface area contributed by atoms with Crippen molar-refractivity contribution < 1.29 is 32.3 Å². The summed E-state index contributed by atoms with van der Waals surface area (Å²) < 4.78 is 37.9. The first-order valence-electron chi connectivity index (χ1n) is 10.1. The maximum atomic E-state index is 12.9. The van der Waals surface area contributed by atoms with Crippen molar-refractivity contribution in [1.29, 1.82) is 0 Å². The number of nitrogens with zero attached hydrogens (tertiary/aromatic N) is 2. The molecule has 0 radical (unpaired) electrons. The van der Waals surface area contributed by atoms with Crippen molar-refractivity contribution >= 4 is 27.8 Å². The summed E-state index contributed by atoms with van der Waals surface area (Å²) in [5.74, 6) is -1.85. The molecule has 2 aliphatic rings. The minimum absolute atomic E-state index is 0.0516. The van der Waals surface area contributed by atoms with Gasteiger partial charge in [0.15, 0.2) is 6.73 Å². The van der Waals surface area contributed by atoms with Crippen LogP contribution in [0.25, 0.3) is 0 Å². The topological polar surface area (TPSA) is 110 Å². The van der Waals surface area contributed by atoms with Gasteiger partial charge in [-0.25, -0.2) is 18.1 Å². The van der Waals surface area contributed by atoms with Crippen LogP contribution in [-0.4, -0.2) is 67.4 Å². The normalized spacial score (nSPS) is 21.5. The Balaban J connectivity index is 1.42. The van der Waals surface area contributed by atoms with Crippen LogP contribution >= 0.6 is 0 Å². The number of hydrogen-bond donors (Lipinski definition) is 0. The Hall–Kier alpha value is -3.08. The molecule has 2 unspecified atom stereocenters. The molecule has 168 valence electrons. The van der Waals surface area contributed by atoms with Crippen LogP contribution in [0.3, 0.4) is 0 Å². The molecule has 0 bridgehead atoms. The van der Waals surface area contributed by atoms with Gasteiger partial charge in [0.05, 0.1) is 33.8 Å². The SMILES string of the molecule is CC1CN(S(=O)(=O)c2ccc(C(=O)OCN3C(=O)c4ccccc4C3=O)cc2)CC(C)O1. The van der Waals surface area contributed by atoms with Crippen LogP contribution < -0.4 is 0 Å². The average Bonchev–Trinajstić information content (AvgIpc) is 3.01. The van der Waals surface area contributed by atoms with Gasteiger partial charge in [-0.3, -0.25) is 9.59 Å². The number of sulfonamides is 1. The summed E-state index contributed by atoms with van der Waals surface area (Å²) in [6, 6.07) is 11.7. The van der Waals surface area contributed by atoms with Crippen molar-refractivity contribution in [3.8, 4) is 0 Å². The number of carbonyl (C=O) groups excluding carboxylic acids is 3. The van der Waals surface area contributed by atoms with E-state index in [1.807, 2.05) is 13.8 Å². The van der Waals surface area contributed by atoms with Crippen molar-refractivity contribution in [2.75, 3.05) is 19.8 Å². The number of imide groups is 1. The fourth-order valence-electron chi connectivity index (χ4n) is 3.80. The Bertz CT molecular complexity index is 1130. The van der Waals surface area contributed by atoms with Crippen molar-refractivity contribution in [3.05, 3.63) is 65.2 Å². The summed E-state index contributed by atoms with van der Waals surface area (Å²) >= 11 is 0. The molecule has 32 heavy (non-hydrogen) atoms. The predicted molar refractivity (Wildman–Crippen MR) is 112 cm³/mol. The summed E-state index contributed by atoms with van der Waals surface area (Å²) in [7, 11) is -3.74. The first kappa shape index (κ1) is 22.1. The molecule has 2 aliphatic heterocycles. The second-order valence-corrected chi connectivity index (χ2v) is 9.69. The molecule has 2 aromatic rings. The third-order valence-corrected chi connectivity index (χ3v) is 7.16. The van der Waals surface area contributed by atoms with Crippen molar-refractivity contribution in [1.82, 2.24) is 9.21 Å². The van der Waals surface area contributed by atoms with E-state index < -0.39 is 34.5 Å². The third-order valence-electron chi connectivity index (χ3n) is 5.32. The summed E-state index contributed by atoms with van der Waals surface area (Å²) in [5.41, 5.74) is 0.619. The zero-order valence-corrected chi connectivity index (χ0v) is 18.4.